The van der Waals surface area contributed by atoms with Crippen LogP contribution >= 0.6 is 0 Å². The Morgan fingerprint density at radius 2 is 2.14 bits per heavy atom. The summed E-state index contributed by atoms with van der Waals surface area (Å²) in [7, 11) is 0. The lowest BCUT2D eigenvalue weighted by atomic mass is 9.76. The Morgan fingerprint density at radius 3 is 2.71 bits per heavy atom. The summed E-state index contributed by atoms with van der Waals surface area (Å²) in [6, 6.07) is 6.68. The lowest BCUT2D eigenvalue weighted by Crippen LogP contribution is -2.49. The molecule has 1 N–H and O–H groups in total. The van der Waals surface area contributed by atoms with E-state index in [-0.39, 0.29) is 5.56 Å². The van der Waals surface area contributed by atoms with Gasteiger partial charge in [-0.3, -0.25) is 4.79 Å². The molecule has 0 spiro atoms. The maximum atomic E-state index is 13.8. The maximum Gasteiger partial charge on any atom is 0.255 e. The molecule has 112 valence electrons. The summed E-state index contributed by atoms with van der Waals surface area (Å²) in [5, 5.41) is 12.2. The van der Waals surface area contributed by atoms with Gasteiger partial charge >= 0.3 is 0 Å². The van der Waals surface area contributed by atoms with Crippen LogP contribution in [0, 0.1) is 30.0 Å². The summed E-state index contributed by atoms with van der Waals surface area (Å²) in [5.41, 5.74) is -0.0108. The van der Waals surface area contributed by atoms with Crippen LogP contribution in [0.5, 0.6) is 0 Å². The minimum atomic E-state index is -0.848. The highest BCUT2D eigenvalue weighted by atomic mass is 19.1. The first kappa shape index (κ1) is 15.5. The standard InChI is InChI=1S/C17H21FN2O/c1-3-13-6-8-17(11-19,9-7-13)20-16(21)14-10-12(2)4-5-15(14)18/h4-5,10,13H,3,6-9H2,1-2H3,(H,20,21). The number of hydrogen-bond acceptors (Lipinski definition) is 2. The summed E-state index contributed by atoms with van der Waals surface area (Å²) in [6.07, 6.45) is 4.24. The fraction of sp³-hybridized carbons (Fsp3) is 0.529. The van der Waals surface area contributed by atoms with Crippen LogP contribution < -0.4 is 5.32 Å². The molecule has 0 unspecified atom stereocenters. The number of halogens is 1. The molecule has 0 aliphatic heterocycles. The van der Waals surface area contributed by atoms with Crippen molar-refractivity contribution in [2.45, 2.75) is 51.5 Å². The van der Waals surface area contributed by atoms with Gasteiger partial charge in [-0.25, -0.2) is 4.39 Å². The molecule has 0 atom stereocenters. The van der Waals surface area contributed by atoms with Crippen LogP contribution in [-0.2, 0) is 0 Å². The summed E-state index contributed by atoms with van der Waals surface area (Å²) in [4.78, 5) is 12.3. The van der Waals surface area contributed by atoms with Crippen LogP contribution in [0.15, 0.2) is 18.2 Å². The molecule has 0 bridgehead atoms. The second kappa shape index (κ2) is 6.26. The Morgan fingerprint density at radius 1 is 1.48 bits per heavy atom. The molecule has 3 nitrogen and oxygen atoms in total. The Balaban J connectivity index is 2.14. The van der Waals surface area contributed by atoms with E-state index in [4.69, 9.17) is 0 Å². The molecule has 0 heterocycles. The van der Waals surface area contributed by atoms with Crippen LogP contribution in [0.4, 0.5) is 4.39 Å². The molecule has 1 fully saturated rings. The largest absolute Gasteiger partial charge is 0.334 e. The molecule has 1 amide bonds. The van der Waals surface area contributed by atoms with Gasteiger partial charge in [-0.2, -0.15) is 5.26 Å². The third-order valence-electron chi connectivity index (χ3n) is 4.47. The molecular weight excluding hydrogens is 267 g/mol. The summed E-state index contributed by atoms with van der Waals surface area (Å²) >= 11 is 0. The number of aryl methyl sites for hydroxylation is 1. The van der Waals surface area contributed by atoms with Crippen molar-refractivity contribution in [3.05, 3.63) is 35.1 Å². The zero-order valence-corrected chi connectivity index (χ0v) is 12.6. The normalized spacial score (nSPS) is 25.1. The Hall–Kier alpha value is -1.89. The highest BCUT2D eigenvalue weighted by Gasteiger charge is 2.36. The lowest BCUT2D eigenvalue weighted by molar-refractivity contribution is 0.0887. The van der Waals surface area contributed by atoms with Crippen LogP contribution in [0.1, 0.15) is 54.9 Å². The van der Waals surface area contributed by atoms with Gasteiger partial charge in [0.15, 0.2) is 0 Å². The second-order valence-electron chi connectivity index (χ2n) is 5.98. The molecule has 1 saturated carbocycles. The van der Waals surface area contributed by atoms with Gasteiger partial charge in [-0.15, -0.1) is 0 Å². The molecule has 21 heavy (non-hydrogen) atoms. The first-order chi connectivity index (χ1) is 9.99. The molecule has 1 aromatic carbocycles. The minimum absolute atomic E-state index is 0.0160. The highest BCUT2D eigenvalue weighted by molar-refractivity contribution is 5.95. The number of carbonyl (C=O) groups is 1. The fourth-order valence-electron chi connectivity index (χ4n) is 2.94. The zero-order chi connectivity index (χ0) is 15.5. The average Bonchev–Trinajstić information content (AvgIpc) is 2.50. The molecule has 2 rings (SSSR count). The minimum Gasteiger partial charge on any atom is -0.334 e. The first-order valence-electron chi connectivity index (χ1n) is 7.49. The lowest BCUT2D eigenvalue weighted by Gasteiger charge is -2.35. The molecule has 1 aromatic rings. The van der Waals surface area contributed by atoms with Crippen LogP contribution in [0.3, 0.4) is 0 Å². The summed E-state index contributed by atoms with van der Waals surface area (Å²) < 4.78 is 13.8. The van der Waals surface area contributed by atoms with E-state index in [9.17, 15) is 14.4 Å². The predicted octanol–water partition coefficient (Wildman–Crippen LogP) is 3.73. The van der Waals surface area contributed by atoms with Crippen LogP contribution in [0.2, 0.25) is 0 Å². The van der Waals surface area contributed by atoms with Gasteiger partial charge in [0.1, 0.15) is 11.4 Å². The van der Waals surface area contributed by atoms with Gasteiger partial charge < -0.3 is 5.32 Å². The number of carbonyl (C=O) groups excluding carboxylic acids is 1. The van der Waals surface area contributed by atoms with E-state index in [1.54, 1.807) is 6.07 Å². The van der Waals surface area contributed by atoms with Crippen molar-refractivity contribution in [3.63, 3.8) is 0 Å². The number of benzene rings is 1. The van der Waals surface area contributed by atoms with E-state index in [1.807, 2.05) is 6.92 Å². The third-order valence-corrected chi connectivity index (χ3v) is 4.47. The van der Waals surface area contributed by atoms with E-state index in [0.717, 1.165) is 24.8 Å². The number of rotatable bonds is 3. The van der Waals surface area contributed by atoms with Gasteiger partial charge in [0.2, 0.25) is 0 Å². The van der Waals surface area contributed by atoms with Crippen molar-refractivity contribution in [3.8, 4) is 6.07 Å². The first-order valence-corrected chi connectivity index (χ1v) is 7.49. The van der Waals surface area contributed by atoms with Crippen molar-refractivity contribution < 1.29 is 9.18 Å². The molecular formula is C17H21FN2O. The topological polar surface area (TPSA) is 52.9 Å². The van der Waals surface area contributed by atoms with Crippen LogP contribution in [0.25, 0.3) is 0 Å². The SMILES string of the molecule is CCC1CCC(C#N)(NC(=O)c2cc(C)ccc2F)CC1. The summed E-state index contributed by atoms with van der Waals surface area (Å²) in [6.45, 7) is 3.95. The molecule has 4 heteroatoms. The van der Waals surface area contributed by atoms with Crippen molar-refractivity contribution in [1.82, 2.24) is 5.32 Å². The second-order valence-corrected chi connectivity index (χ2v) is 5.98. The van der Waals surface area contributed by atoms with Gasteiger partial charge in [0, 0.05) is 0 Å². The molecule has 0 radical (unpaired) electrons. The predicted molar refractivity (Wildman–Crippen MR) is 79.2 cm³/mol. The van der Waals surface area contributed by atoms with Crippen LogP contribution in [-0.4, -0.2) is 11.4 Å². The number of nitrogens with zero attached hydrogens (tertiary/aromatic N) is 1. The van der Waals surface area contributed by atoms with Gasteiger partial charge in [0.25, 0.3) is 5.91 Å². The Labute approximate surface area is 125 Å². The number of amides is 1. The fourth-order valence-corrected chi connectivity index (χ4v) is 2.94. The van der Waals surface area contributed by atoms with E-state index >= 15 is 0 Å². The molecule has 0 saturated heterocycles. The zero-order valence-electron chi connectivity index (χ0n) is 12.6. The number of hydrogen-bond donors (Lipinski definition) is 1. The Bertz CT molecular complexity index is 569. The monoisotopic (exact) mass is 288 g/mol. The van der Waals surface area contributed by atoms with Gasteiger partial charge in [-0.1, -0.05) is 25.0 Å². The smallest absolute Gasteiger partial charge is 0.255 e. The van der Waals surface area contributed by atoms with E-state index in [0.29, 0.717) is 18.8 Å². The maximum absolute atomic E-state index is 13.8. The molecule has 1 aliphatic rings. The number of nitrogens with one attached hydrogen (secondary N) is 1. The third kappa shape index (κ3) is 3.41. The van der Waals surface area contributed by atoms with Crippen molar-refractivity contribution in [1.29, 1.82) is 5.26 Å². The van der Waals surface area contributed by atoms with Gasteiger partial charge in [-0.05, 0) is 50.7 Å². The highest BCUT2D eigenvalue weighted by Crippen LogP contribution is 2.33. The average molecular weight is 288 g/mol. The van der Waals surface area contributed by atoms with E-state index < -0.39 is 17.3 Å². The van der Waals surface area contributed by atoms with Gasteiger partial charge in [0.05, 0.1) is 11.6 Å². The van der Waals surface area contributed by atoms with Crippen molar-refractivity contribution in [2.24, 2.45) is 5.92 Å². The van der Waals surface area contributed by atoms with Crippen molar-refractivity contribution in [2.75, 3.05) is 0 Å². The summed E-state index contributed by atoms with van der Waals surface area (Å²) in [5.74, 6) is -0.416. The Kier molecular flexibility index (Phi) is 4.62. The number of nitriles is 1. The molecule has 0 aromatic heterocycles. The quantitative estimate of drug-likeness (QED) is 0.921. The van der Waals surface area contributed by atoms with Crippen molar-refractivity contribution >= 4 is 5.91 Å². The van der Waals surface area contributed by atoms with E-state index in [1.165, 1.54) is 12.1 Å². The molecule has 1 aliphatic carbocycles. The van der Waals surface area contributed by atoms with E-state index in [2.05, 4.69) is 18.3 Å².